The molecule has 0 aliphatic carbocycles. The maximum atomic E-state index is 14.1. The zero-order valence-corrected chi connectivity index (χ0v) is 25.5. The highest BCUT2D eigenvalue weighted by Gasteiger charge is 2.55. The second-order valence-electron chi connectivity index (χ2n) is 10.2. The third-order valence-corrected chi connectivity index (χ3v) is 8.47. The number of carbonyl (C=O) groups excluding carboxylic acids is 4. The summed E-state index contributed by atoms with van der Waals surface area (Å²) in [6.45, 7) is 0.877. The number of esters is 2. The van der Waals surface area contributed by atoms with E-state index in [4.69, 9.17) is 18.9 Å². The average Bonchev–Trinajstić information content (AvgIpc) is 3.06. The van der Waals surface area contributed by atoms with E-state index in [9.17, 15) is 29.3 Å². The molecule has 1 N–H and O–H groups in total. The van der Waals surface area contributed by atoms with E-state index in [0.717, 1.165) is 6.92 Å². The summed E-state index contributed by atoms with van der Waals surface area (Å²) in [5.74, 6) is -2.08. The minimum atomic E-state index is -1.50. The normalized spacial score (nSPS) is 17.8. The van der Waals surface area contributed by atoms with Gasteiger partial charge in [0, 0.05) is 37.5 Å². The van der Waals surface area contributed by atoms with Gasteiger partial charge in [-0.15, -0.1) is 11.8 Å². The molecule has 0 bridgehead atoms. The first-order valence-electron chi connectivity index (χ1n) is 14.0. The standard InChI is InChI=1S/C32H29N3O10S/c1-19(36)44-28(33-32(39)43-17-20-13-15-23(16-14-20)35(40)41)24-18-46-30-27(42-2)29(37)34(30)25(24)31(38)45-26(21-9-5-3-6-10-21)22-11-7-4-8-12-22/h3-16,26-28,30H,17-18H2,1-2H3,(H,33,39)/t27-,28?,30+/m0/s1. The van der Waals surface area contributed by atoms with Crippen molar-refractivity contribution in [1.82, 2.24) is 10.2 Å². The highest BCUT2D eigenvalue weighted by atomic mass is 32.2. The van der Waals surface area contributed by atoms with Crippen molar-refractivity contribution in [3.8, 4) is 0 Å². The number of benzene rings is 3. The SMILES string of the molecule is CO[C@H]1C(=O)N2C(C(=O)OC(c3ccccc3)c3ccccc3)=C(C(NC(=O)OCc3ccc([N+](=O)[O-])cc3)OC(C)=O)CS[C@H]12. The molecule has 2 amide bonds. The van der Waals surface area contributed by atoms with Crippen LogP contribution in [0.25, 0.3) is 0 Å². The second kappa shape index (κ2) is 14.3. The first kappa shape index (κ1) is 32.2. The van der Waals surface area contributed by atoms with Gasteiger partial charge < -0.3 is 18.9 Å². The molecule has 2 heterocycles. The van der Waals surface area contributed by atoms with Gasteiger partial charge in [0.1, 0.15) is 17.7 Å². The molecular formula is C32H29N3O10S. The van der Waals surface area contributed by atoms with Crippen LogP contribution in [-0.2, 0) is 39.9 Å². The van der Waals surface area contributed by atoms with Gasteiger partial charge in [0.2, 0.25) is 6.23 Å². The highest BCUT2D eigenvalue weighted by molar-refractivity contribution is 8.00. The van der Waals surface area contributed by atoms with Gasteiger partial charge in [-0.1, -0.05) is 60.7 Å². The average molecular weight is 648 g/mol. The number of methoxy groups -OCH3 is 1. The van der Waals surface area contributed by atoms with Crippen molar-refractivity contribution in [3.05, 3.63) is 123 Å². The van der Waals surface area contributed by atoms with Crippen LogP contribution < -0.4 is 5.32 Å². The van der Waals surface area contributed by atoms with E-state index in [1.165, 1.54) is 48.0 Å². The van der Waals surface area contributed by atoms with Crippen molar-refractivity contribution >= 4 is 41.4 Å². The maximum Gasteiger partial charge on any atom is 0.410 e. The lowest BCUT2D eigenvalue weighted by Crippen LogP contribution is -2.66. The van der Waals surface area contributed by atoms with Crippen LogP contribution in [0.1, 0.15) is 29.7 Å². The number of nitro benzene ring substituents is 1. The van der Waals surface area contributed by atoms with Crippen LogP contribution in [-0.4, -0.2) is 64.3 Å². The Morgan fingerprint density at radius 2 is 1.59 bits per heavy atom. The summed E-state index contributed by atoms with van der Waals surface area (Å²) in [7, 11) is 1.39. The molecule has 0 radical (unpaired) electrons. The number of alkyl carbamates (subject to hydrolysis) is 1. The van der Waals surface area contributed by atoms with Crippen molar-refractivity contribution < 1.29 is 43.0 Å². The monoisotopic (exact) mass is 647 g/mol. The fourth-order valence-electron chi connectivity index (χ4n) is 4.99. The molecular weight excluding hydrogens is 618 g/mol. The Morgan fingerprint density at radius 1 is 0.978 bits per heavy atom. The number of non-ortho nitro benzene ring substituents is 1. The summed E-state index contributed by atoms with van der Waals surface area (Å²) in [6.07, 6.45) is -4.16. The highest BCUT2D eigenvalue weighted by Crippen LogP contribution is 2.43. The molecule has 1 unspecified atom stereocenters. The first-order chi connectivity index (χ1) is 22.2. The van der Waals surface area contributed by atoms with Crippen molar-refractivity contribution in [1.29, 1.82) is 0 Å². The quantitative estimate of drug-likeness (QED) is 0.0791. The number of fused-ring (bicyclic) bond motifs is 1. The summed E-state index contributed by atoms with van der Waals surface area (Å²) in [5.41, 5.74) is 1.63. The van der Waals surface area contributed by atoms with Crippen molar-refractivity contribution in [3.63, 3.8) is 0 Å². The molecule has 3 aromatic carbocycles. The molecule has 13 nitrogen and oxygen atoms in total. The predicted octanol–water partition coefficient (Wildman–Crippen LogP) is 4.23. The third-order valence-electron chi connectivity index (χ3n) is 7.19. The Morgan fingerprint density at radius 3 is 2.13 bits per heavy atom. The van der Waals surface area contributed by atoms with Crippen LogP contribution in [0, 0.1) is 10.1 Å². The van der Waals surface area contributed by atoms with E-state index in [2.05, 4.69) is 5.32 Å². The topological polar surface area (TPSA) is 164 Å². The zero-order valence-electron chi connectivity index (χ0n) is 24.7. The van der Waals surface area contributed by atoms with E-state index in [1.807, 2.05) is 36.4 Å². The number of hydrogen-bond donors (Lipinski definition) is 1. The van der Waals surface area contributed by atoms with E-state index in [-0.39, 0.29) is 29.3 Å². The Labute approximate surface area is 267 Å². The lowest BCUT2D eigenvalue weighted by molar-refractivity contribution is -0.384. The molecule has 0 spiro atoms. The van der Waals surface area contributed by atoms with Crippen LogP contribution >= 0.6 is 11.8 Å². The van der Waals surface area contributed by atoms with Gasteiger partial charge in [0.25, 0.3) is 11.6 Å². The number of amides is 2. The molecule has 238 valence electrons. The number of rotatable bonds is 11. The fraction of sp³-hybridized carbons (Fsp3) is 0.250. The molecule has 2 aliphatic heterocycles. The lowest BCUT2D eigenvalue weighted by Gasteiger charge is -2.49. The summed E-state index contributed by atoms with van der Waals surface area (Å²) in [6, 6.07) is 23.5. The minimum absolute atomic E-state index is 0.0701. The van der Waals surface area contributed by atoms with Gasteiger partial charge >= 0.3 is 18.0 Å². The van der Waals surface area contributed by atoms with E-state index < -0.39 is 52.7 Å². The molecule has 3 atom stereocenters. The van der Waals surface area contributed by atoms with Gasteiger partial charge in [0.05, 0.1) is 4.92 Å². The number of nitrogens with one attached hydrogen (secondary N) is 1. The molecule has 3 aromatic rings. The smallest absolute Gasteiger partial charge is 0.410 e. The Hall–Kier alpha value is -5.21. The molecule has 0 saturated carbocycles. The van der Waals surface area contributed by atoms with E-state index in [0.29, 0.717) is 16.7 Å². The van der Waals surface area contributed by atoms with Gasteiger partial charge in [-0.25, -0.2) is 9.59 Å². The Bertz CT molecular complexity index is 1610. The minimum Gasteiger partial charge on any atom is -0.448 e. The Balaban J connectivity index is 1.45. The van der Waals surface area contributed by atoms with Crippen LogP contribution in [0.5, 0.6) is 0 Å². The van der Waals surface area contributed by atoms with Crippen molar-refractivity contribution in [2.75, 3.05) is 12.9 Å². The number of β-lactam (4-membered cyclic amide) rings is 1. The number of nitrogens with zero attached hydrogens (tertiary/aromatic N) is 2. The molecule has 46 heavy (non-hydrogen) atoms. The van der Waals surface area contributed by atoms with Gasteiger partial charge in [-0.3, -0.25) is 29.9 Å². The third kappa shape index (κ3) is 7.03. The zero-order chi connectivity index (χ0) is 32.8. The van der Waals surface area contributed by atoms with Crippen LogP contribution in [0.3, 0.4) is 0 Å². The fourth-order valence-corrected chi connectivity index (χ4v) is 6.39. The number of nitro groups is 1. The van der Waals surface area contributed by atoms with Crippen LogP contribution in [0.2, 0.25) is 0 Å². The number of thioether (sulfide) groups is 1. The predicted molar refractivity (Wildman–Crippen MR) is 164 cm³/mol. The van der Waals surface area contributed by atoms with Crippen molar-refractivity contribution in [2.45, 2.75) is 37.3 Å². The molecule has 1 saturated heterocycles. The molecule has 14 heteroatoms. The van der Waals surface area contributed by atoms with Gasteiger partial charge in [0.15, 0.2) is 12.2 Å². The molecule has 5 rings (SSSR count). The summed E-state index contributed by atoms with van der Waals surface area (Å²) in [4.78, 5) is 64.0. The van der Waals surface area contributed by atoms with Crippen LogP contribution in [0.15, 0.2) is 96.2 Å². The lowest BCUT2D eigenvalue weighted by atomic mass is 10.0. The Kier molecular flexibility index (Phi) is 9.98. The van der Waals surface area contributed by atoms with Gasteiger partial charge in [-0.05, 0) is 28.8 Å². The summed E-state index contributed by atoms with van der Waals surface area (Å²) < 4.78 is 22.1. The number of carbonyl (C=O) groups is 4. The van der Waals surface area contributed by atoms with E-state index in [1.54, 1.807) is 24.3 Å². The van der Waals surface area contributed by atoms with E-state index >= 15 is 0 Å². The molecule has 2 aliphatic rings. The number of hydrogen-bond acceptors (Lipinski definition) is 11. The van der Waals surface area contributed by atoms with Crippen LogP contribution in [0.4, 0.5) is 10.5 Å². The van der Waals surface area contributed by atoms with Crippen molar-refractivity contribution in [2.24, 2.45) is 0 Å². The number of ether oxygens (including phenoxy) is 4. The summed E-state index contributed by atoms with van der Waals surface area (Å²) >= 11 is 1.26. The second-order valence-corrected chi connectivity index (χ2v) is 11.3. The maximum absolute atomic E-state index is 14.1. The first-order valence-corrected chi connectivity index (χ1v) is 15.1. The molecule has 0 aromatic heterocycles. The largest absolute Gasteiger partial charge is 0.448 e. The summed E-state index contributed by atoms with van der Waals surface area (Å²) in [5, 5.41) is 12.8. The van der Waals surface area contributed by atoms with Gasteiger partial charge in [-0.2, -0.15) is 0 Å². The molecule has 1 fully saturated rings.